The molecule has 10 heteroatoms. The molecule has 3 aromatic carbocycles. The fourth-order valence-corrected chi connectivity index (χ4v) is 3.77. The maximum absolute atomic E-state index is 13.2. The van der Waals surface area contributed by atoms with Gasteiger partial charge < -0.3 is 10.4 Å². The molecule has 5 rings (SSSR count). The topological polar surface area (TPSA) is 141 Å². The van der Waals surface area contributed by atoms with Crippen LogP contribution in [-0.4, -0.2) is 30.8 Å². The number of carbonyl (C=O) groups is 1. The van der Waals surface area contributed by atoms with Crippen molar-refractivity contribution in [2.24, 2.45) is 10.2 Å². The maximum Gasteiger partial charge on any atom is 0.259 e. The standard InChI is InChI=1S/C27H20N8O2/c1-16-8-9-20(12-17(16)2)32-26(37)22-13-18-6-3-4-7-21(18)23(24(22)36)33-34-25-19(14-28)15-31-35(25)27-29-10-5-11-30-27/h3-13,15,36H,1-2H3,(H,32,37). The lowest BCUT2D eigenvalue weighted by molar-refractivity contribution is 0.102. The van der Waals surface area contributed by atoms with E-state index in [-0.39, 0.29) is 34.3 Å². The normalized spacial score (nSPS) is 11.1. The number of fused-ring (bicyclic) bond motifs is 1. The van der Waals surface area contributed by atoms with Gasteiger partial charge in [0, 0.05) is 23.5 Å². The smallest absolute Gasteiger partial charge is 0.259 e. The van der Waals surface area contributed by atoms with Crippen molar-refractivity contribution < 1.29 is 9.90 Å². The minimum Gasteiger partial charge on any atom is -0.505 e. The number of phenols is 1. The van der Waals surface area contributed by atoms with Gasteiger partial charge in [0.05, 0.1) is 11.8 Å². The van der Waals surface area contributed by atoms with Crippen LogP contribution < -0.4 is 5.32 Å². The van der Waals surface area contributed by atoms with Crippen molar-refractivity contribution in [3.63, 3.8) is 0 Å². The van der Waals surface area contributed by atoms with Gasteiger partial charge in [0.2, 0.25) is 0 Å². The van der Waals surface area contributed by atoms with Gasteiger partial charge in [-0.05, 0) is 54.6 Å². The summed E-state index contributed by atoms with van der Waals surface area (Å²) < 4.78 is 1.28. The first-order valence-corrected chi connectivity index (χ1v) is 11.3. The van der Waals surface area contributed by atoms with E-state index in [0.29, 0.717) is 16.5 Å². The van der Waals surface area contributed by atoms with Crippen LogP contribution >= 0.6 is 0 Å². The number of aromatic nitrogens is 4. The molecule has 0 saturated heterocycles. The minimum atomic E-state index is -0.497. The summed E-state index contributed by atoms with van der Waals surface area (Å²) in [6.07, 6.45) is 4.40. The number of nitrogens with one attached hydrogen (secondary N) is 1. The van der Waals surface area contributed by atoms with Crippen LogP contribution in [0.4, 0.5) is 17.2 Å². The third-order valence-electron chi connectivity index (χ3n) is 5.86. The van der Waals surface area contributed by atoms with E-state index in [9.17, 15) is 15.2 Å². The van der Waals surface area contributed by atoms with Crippen molar-refractivity contribution in [1.82, 2.24) is 19.7 Å². The van der Waals surface area contributed by atoms with Crippen molar-refractivity contribution in [3.05, 3.63) is 95.4 Å². The first-order valence-electron chi connectivity index (χ1n) is 11.3. The van der Waals surface area contributed by atoms with Crippen molar-refractivity contribution in [3.8, 4) is 17.8 Å². The molecule has 1 amide bonds. The molecule has 0 unspecified atom stereocenters. The molecule has 0 saturated carbocycles. The zero-order valence-electron chi connectivity index (χ0n) is 19.9. The molecule has 0 spiro atoms. The van der Waals surface area contributed by atoms with Crippen LogP contribution in [0.2, 0.25) is 0 Å². The Balaban J connectivity index is 1.60. The predicted octanol–water partition coefficient (Wildman–Crippen LogP) is 5.68. The number of rotatable bonds is 5. The Bertz CT molecular complexity index is 1720. The molecule has 2 N–H and O–H groups in total. The van der Waals surface area contributed by atoms with E-state index in [1.165, 1.54) is 23.3 Å². The monoisotopic (exact) mass is 488 g/mol. The lowest BCUT2D eigenvalue weighted by atomic mass is 10.0. The molecule has 0 atom stereocenters. The fourth-order valence-electron chi connectivity index (χ4n) is 3.77. The number of amides is 1. The molecular formula is C27H20N8O2. The highest BCUT2D eigenvalue weighted by atomic mass is 16.3. The van der Waals surface area contributed by atoms with E-state index in [4.69, 9.17) is 0 Å². The molecule has 0 bridgehead atoms. The number of nitriles is 1. The van der Waals surface area contributed by atoms with E-state index in [0.717, 1.165) is 11.1 Å². The van der Waals surface area contributed by atoms with Crippen LogP contribution in [0.15, 0.2) is 83.4 Å². The lowest BCUT2D eigenvalue weighted by Crippen LogP contribution is -2.12. The van der Waals surface area contributed by atoms with Crippen LogP contribution in [0.5, 0.6) is 5.75 Å². The first kappa shape index (κ1) is 23.3. The van der Waals surface area contributed by atoms with Gasteiger partial charge in [-0.2, -0.15) is 15.0 Å². The Morgan fingerprint density at radius 1 is 1.03 bits per heavy atom. The summed E-state index contributed by atoms with van der Waals surface area (Å²) in [6, 6.07) is 18.0. The number of benzene rings is 3. The van der Waals surface area contributed by atoms with Crippen molar-refractivity contribution in [2.45, 2.75) is 13.8 Å². The molecular weight excluding hydrogens is 468 g/mol. The van der Waals surface area contributed by atoms with Crippen LogP contribution in [0.3, 0.4) is 0 Å². The molecule has 2 heterocycles. The average molecular weight is 489 g/mol. The van der Waals surface area contributed by atoms with Gasteiger partial charge in [0.15, 0.2) is 11.6 Å². The highest BCUT2D eigenvalue weighted by Gasteiger charge is 2.20. The van der Waals surface area contributed by atoms with E-state index in [1.54, 1.807) is 30.3 Å². The molecule has 37 heavy (non-hydrogen) atoms. The van der Waals surface area contributed by atoms with Gasteiger partial charge in [-0.25, -0.2) is 9.97 Å². The molecule has 2 aromatic heterocycles. The Morgan fingerprint density at radius 3 is 2.57 bits per heavy atom. The quantitative estimate of drug-likeness (QED) is 0.305. The van der Waals surface area contributed by atoms with Crippen molar-refractivity contribution in [1.29, 1.82) is 5.26 Å². The fraction of sp³-hybridized carbons (Fsp3) is 0.0741. The third kappa shape index (κ3) is 4.49. The molecule has 0 aliphatic carbocycles. The summed E-state index contributed by atoms with van der Waals surface area (Å²) in [6.45, 7) is 3.94. The second-order valence-electron chi connectivity index (χ2n) is 8.25. The van der Waals surface area contributed by atoms with E-state index in [2.05, 4.69) is 30.6 Å². The number of anilines is 1. The highest BCUT2D eigenvalue weighted by Crippen LogP contribution is 2.40. The number of aryl methyl sites for hydroxylation is 2. The Labute approximate surface area is 211 Å². The largest absolute Gasteiger partial charge is 0.505 e. The molecule has 0 radical (unpaired) electrons. The predicted molar refractivity (Wildman–Crippen MR) is 138 cm³/mol. The number of hydrogen-bond acceptors (Lipinski definition) is 8. The number of nitrogens with zero attached hydrogens (tertiary/aromatic N) is 7. The zero-order chi connectivity index (χ0) is 25.9. The summed E-state index contributed by atoms with van der Waals surface area (Å²) in [5.41, 5.74) is 2.99. The minimum absolute atomic E-state index is 0.0336. The van der Waals surface area contributed by atoms with Crippen LogP contribution in [0.1, 0.15) is 27.0 Å². The van der Waals surface area contributed by atoms with Gasteiger partial charge in [-0.3, -0.25) is 4.79 Å². The maximum atomic E-state index is 13.2. The zero-order valence-corrected chi connectivity index (χ0v) is 19.9. The van der Waals surface area contributed by atoms with Crippen LogP contribution in [0.25, 0.3) is 16.7 Å². The van der Waals surface area contributed by atoms with Crippen molar-refractivity contribution >= 4 is 33.9 Å². The summed E-state index contributed by atoms with van der Waals surface area (Å²) in [7, 11) is 0. The second-order valence-corrected chi connectivity index (χ2v) is 8.25. The highest BCUT2D eigenvalue weighted by molar-refractivity contribution is 6.11. The summed E-state index contributed by atoms with van der Waals surface area (Å²) in [5.74, 6) is -0.552. The Morgan fingerprint density at radius 2 is 1.81 bits per heavy atom. The summed E-state index contributed by atoms with van der Waals surface area (Å²) >= 11 is 0. The molecule has 0 fully saturated rings. The number of phenolic OH excluding ortho intramolecular Hbond substituents is 1. The lowest BCUT2D eigenvalue weighted by Gasteiger charge is -2.12. The van der Waals surface area contributed by atoms with Gasteiger partial charge in [0.25, 0.3) is 11.9 Å². The summed E-state index contributed by atoms with van der Waals surface area (Å²) in [5, 5.41) is 37.4. The Hall–Kier alpha value is -5.43. The van der Waals surface area contributed by atoms with E-state index in [1.807, 2.05) is 44.2 Å². The van der Waals surface area contributed by atoms with E-state index >= 15 is 0 Å². The molecule has 180 valence electrons. The van der Waals surface area contributed by atoms with Crippen molar-refractivity contribution in [2.75, 3.05) is 5.32 Å². The average Bonchev–Trinajstić information content (AvgIpc) is 3.33. The van der Waals surface area contributed by atoms with E-state index < -0.39 is 5.91 Å². The second kappa shape index (κ2) is 9.67. The number of aromatic hydroxyl groups is 1. The first-order chi connectivity index (χ1) is 18.0. The molecule has 10 nitrogen and oxygen atoms in total. The van der Waals surface area contributed by atoms with Crippen LogP contribution in [-0.2, 0) is 0 Å². The van der Waals surface area contributed by atoms with Gasteiger partial charge in [-0.1, -0.05) is 30.3 Å². The summed E-state index contributed by atoms with van der Waals surface area (Å²) in [4.78, 5) is 21.5. The molecule has 5 aromatic rings. The Kier molecular flexibility index (Phi) is 6.10. The van der Waals surface area contributed by atoms with Gasteiger partial charge in [-0.15, -0.1) is 10.2 Å². The number of azo groups is 1. The SMILES string of the molecule is Cc1ccc(NC(=O)c2cc3ccccc3c(N=Nc3c(C#N)cnn3-c3ncccn3)c2O)cc1C. The van der Waals surface area contributed by atoms with Crippen LogP contribution in [0, 0.1) is 25.2 Å². The van der Waals surface area contributed by atoms with Gasteiger partial charge >= 0.3 is 0 Å². The number of hydrogen-bond donors (Lipinski definition) is 2. The molecule has 0 aliphatic heterocycles. The molecule has 0 aliphatic rings. The number of carbonyl (C=O) groups excluding carboxylic acids is 1. The third-order valence-corrected chi connectivity index (χ3v) is 5.86. The van der Waals surface area contributed by atoms with Gasteiger partial charge in [0.1, 0.15) is 17.3 Å².